The first kappa shape index (κ1) is 13.5. The zero-order valence-electron chi connectivity index (χ0n) is 12.3. The zero-order valence-corrected chi connectivity index (χ0v) is 12.3. The second-order valence-electron chi connectivity index (χ2n) is 5.14. The van der Waals surface area contributed by atoms with Crippen molar-refractivity contribution in [2.24, 2.45) is 0 Å². The highest BCUT2D eigenvalue weighted by Gasteiger charge is 2.17. The molecule has 5 nitrogen and oxygen atoms in total. The van der Waals surface area contributed by atoms with Crippen LogP contribution in [0.1, 0.15) is 17.3 Å². The predicted molar refractivity (Wildman–Crippen MR) is 84.9 cm³/mol. The Morgan fingerprint density at radius 1 is 0.870 bits per heavy atom. The van der Waals surface area contributed by atoms with Crippen molar-refractivity contribution < 1.29 is 13.6 Å². The minimum Gasteiger partial charge on any atom is -0.463 e. The largest absolute Gasteiger partial charge is 0.463 e. The van der Waals surface area contributed by atoms with E-state index in [2.05, 4.69) is 9.97 Å². The molecule has 0 amide bonds. The minimum absolute atomic E-state index is 0.0108. The molecule has 112 valence electrons. The van der Waals surface area contributed by atoms with Gasteiger partial charge in [0, 0.05) is 5.56 Å². The Labute approximate surface area is 131 Å². The molecule has 0 N–H and O–H groups in total. The van der Waals surface area contributed by atoms with E-state index in [1.54, 1.807) is 42.9 Å². The van der Waals surface area contributed by atoms with Gasteiger partial charge >= 0.3 is 0 Å². The molecule has 0 saturated heterocycles. The van der Waals surface area contributed by atoms with E-state index >= 15 is 0 Å². The Morgan fingerprint density at radius 2 is 1.48 bits per heavy atom. The Kier molecular flexibility index (Phi) is 3.05. The molecule has 0 fully saturated rings. The number of carbonyl (C=O) groups excluding carboxylic acids is 1. The van der Waals surface area contributed by atoms with Gasteiger partial charge in [0.25, 0.3) is 0 Å². The number of benzene rings is 1. The minimum atomic E-state index is -0.0108. The summed E-state index contributed by atoms with van der Waals surface area (Å²) in [6.07, 6.45) is 3.17. The highest BCUT2D eigenvalue weighted by Crippen LogP contribution is 2.31. The molecular formula is C18H12N2O3. The number of aromatic nitrogens is 2. The highest BCUT2D eigenvalue weighted by atomic mass is 16.3. The molecule has 1 aromatic carbocycles. The fourth-order valence-electron chi connectivity index (χ4n) is 2.44. The van der Waals surface area contributed by atoms with Crippen LogP contribution >= 0.6 is 0 Å². The molecule has 0 aliphatic rings. The van der Waals surface area contributed by atoms with Gasteiger partial charge in [-0.05, 0) is 49.4 Å². The lowest BCUT2D eigenvalue weighted by Gasteiger charge is -2.07. The van der Waals surface area contributed by atoms with Crippen molar-refractivity contribution in [2.45, 2.75) is 6.92 Å². The van der Waals surface area contributed by atoms with Crippen LogP contribution in [0.2, 0.25) is 0 Å². The van der Waals surface area contributed by atoms with Gasteiger partial charge in [-0.1, -0.05) is 0 Å². The lowest BCUT2D eigenvalue weighted by atomic mass is 10.1. The average Bonchev–Trinajstić information content (AvgIpc) is 3.26. The summed E-state index contributed by atoms with van der Waals surface area (Å²) in [5, 5.41) is 0. The molecule has 3 heterocycles. The van der Waals surface area contributed by atoms with Crippen LogP contribution in [0.4, 0.5) is 0 Å². The summed E-state index contributed by atoms with van der Waals surface area (Å²) in [6.45, 7) is 1.53. The maximum atomic E-state index is 11.6. The number of furan rings is 2. The molecule has 5 heteroatoms. The first-order chi connectivity index (χ1) is 11.2. The lowest BCUT2D eigenvalue weighted by Crippen LogP contribution is -1.97. The second kappa shape index (κ2) is 5.21. The van der Waals surface area contributed by atoms with Gasteiger partial charge < -0.3 is 8.83 Å². The smallest absolute Gasteiger partial charge is 0.159 e. The summed E-state index contributed by atoms with van der Waals surface area (Å²) in [6, 6.07) is 12.5. The quantitative estimate of drug-likeness (QED) is 0.526. The van der Waals surface area contributed by atoms with E-state index in [4.69, 9.17) is 8.83 Å². The molecule has 0 radical (unpaired) electrons. The van der Waals surface area contributed by atoms with Crippen LogP contribution in [0.25, 0.3) is 33.9 Å². The van der Waals surface area contributed by atoms with Crippen molar-refractivity contribution in [3.8, 4) is 22.9 Å². The first-order valence-corrected chi connectivity index (χ1v) is 7.13. The number of nitrogens with zero attached hydrogens (tertiary/aromatic N) is 2. The van der Waals surface area contributed by atoms with Crippen LogP contribution in [-0.2, 0) is 0 Å². The summed E-state index contributed by atoms with van der Waals surface area (Å²) >= 11 is 0. The predicted octanol–water partition coefficient (Wildman–Crippen LogP) is 4.35. The molecule has 0 saturated carbocycles. The third-order valence-corrected chi connectivity index (χ3v) is 3.58. The standard InChI is InChI=1S/C18H12N2O3/c1-11(21)12-6-7-13-14(10-12)20-18(16-5-3-9-23-16)17(19-13)15-4-2-8-22-15/h2-10H,1H3. The van der Waals surface area contributed by atoms with Gasteiger partial charge in [-0.25, -0.2) is 9.97 Å². The highest BCUT2D eigenvalue weighted by molar-refractivity contribution is 5.97. The van der Waals surface area contributed by atoms with Crippen molar-refractivity contribution in [3.05, 3.63) is 60.6 Å². The summed E-state index contributed by atoms with van der Waals surface area (Å²) in [5.74, 6) is 1.20. The summed E-state index contributed by atoms with van der Waals surface area (Å²) in [5.41, 5.74) is 3.12. The van der Waals surface area contributed by atoms with Crippen molar-refractivity contribution in [1.29, 1.82) is 0 Å². The number of hydrogen-bond acceptors (Lipinski definition) is 5. The van der Waals surface area contributed by atoms with Gasteiger partial charge in [0.15, 0.2) is 17.3 Å². The van der Waals surface area contributed by atoms with Crippen LogP contribution in [-0.4, -0.2) is 15.8 Å². The summed E-state index contributed by atoms with van der Waals surface area (Å²) < 4.78 is 10.9. The SMILES string of the molecule is CC(=O)c1ccc2nc(-c3ccco3)c(-c3ccco3)nc2c1. The van der Waals surface area contributed by atoms with Crippen molar-refractivity contribution in [3.63, 3.8) is 0 Å². The third-order valence-electron chi connectivity index (χ3n) is 3.58. The van der Waals surface area contributed by atoms with E-state index in [9.17, 15) is 4.79 Å². The molecular weight excluding hydrogens is 292 g/mol. The number of ketones is 1. The van der Waals surface area contributed by atoms with Gasteiger partial charge in [0.1, 0.15) is 11.4 Å². The third kappa shape index (κ3) is 2.32. The summed E-state index contributed by atoms with van der Waals surface area (Å²) in [4.78, 5) is 20.9. The second-order valence-corrected chi connectivity index (χ2v) is 5.14. The van der Waals surface area contributed by atoms with Crippen LogP contribution < -0.4 is 0 Å². The van der Waals surface area contributed by atoms with Gasteiger partial charge in [-0.3, -0.25) is 4.79 Å². The van der Waals surface area contributed by atoms with Gasteiger partial charge in [0.2, 0.25) is 0 Å². The molecule has 0 bridgehead atoms. The van der Waals surface area contributed by atoms with Crippen molar-refractivity contribution in [2.75, 3.05) is 0 Å². The lowest BCUT2D eigenvalue weighted by molar-refractivity contribution is 0.101. The Morgan fingerprint density at radius 3 is 2.00 bits per heavy atom. The van der Waals surface area contributed by atoms with Crippen LogP contribution in [0.3, 0.4) is 0 Å². The topological polar surface area (TPSA) is 69.1 Å². The summed E-state index contributed by atoms with van der Waals surface area (Å²) in [7, 11) is 0. The van der Waals surface area contributed by atoms with E-state index in [0.29, 0.717) is 39.5 Å². The molecule has 0 aliphatic carbocycles. The monoisotopic (exact) mass is 304 g/mol. The molecule has 0 unspecified atom stereocenters. The van der Waals surface area contributed by atoms with Crippen molar-refractivity contribution in [1.82, 2.24) is 9.97 Å². The van der Waals surface area contributed by atoms with Crippen LogP contribution in [0, 0.1) is 0 Å². The van der Waals surface area contributed by atoms with Crippen LogP contribution in [0.15, 0.2) is 63.8 Å². The van der Waals surface area contributed by atoms with Gasteiger partial charge in [0.05, 0.1) is 23.6 Å². The number of rotatable bonds is 3. The molecule has 0 aliphatic heterocycles. The fraction of sp³-hybridized carbons (Fsp3) is 0.0556. The van der Waals surface area contributed by atoms with E-state index in [0.717, 1.165) is 0 Å². The van der Waals surface area contributed by atoms with Gasteiger partial charge in [-0.15, -0.1) is 0 Å². The number of carbonyl (C=O) groups is 1. The van der Waals surface area contributed by atoms with E-state index in [-0.39, 0.29) is 5.78 Å². The molecule has 4 rings (SSSR count). The fourth-order valence-corrected chi connectivity index (χ4v) is 2.44. The maximum Gasteiger partial charge on any atom is 0.159 e. The Balaban J connectivity index is 2.02. The maximum absolute atomic E-state index is 11.6. The molecule has 4 aromatic rings. The Hall–Kier alpha value is -3.21. The number of Topliss-reactive ketones (excluding diaryl/α,β-unsaturated/α-hetero) is 1. The van der Waals surface area contributed by atoms with Gasteiger partial charge in [-0.2, -0.15) is 0 Å². The number of fused-ring (bicyclic) bond motifs is 1. The van der Waals surface area contributed by atoms with E-state index in [1.165, 1.54) is 6.92 Å². The van der Waals surface area contributed by atoms with E-state index in [1.807, 2.05) is 12.1 Å². The molecule has 3 aromatic heterocycles. The zero-order chi connectivity index (χ0) is 15.8. The van der Waals surface area contributed by atoms with E-state index < -0.39 is 0 Å². The first-order valence-electron chi connectivity index (χ1n) is 7.13. The molecule has 0 spiro atoms. The van der Waals surface area contributed by atoms with Crippen LogP contribution in [0.5, 0.6) is 0 Å². The normalized spacial score (nSPS) is 11.0. The number of hydrogen-bond donors (Lipinski definition) is 0. The van der Waals surface area contributed by atoms with Crippen molar-refractivity contribution >= 4 is 16.8 Å². The Bertz CT molecular complexity index is 987. The average molecular weight is 304 g/mol. The molecule has 23 heavy (non-hydrogen) atoms. The molecule has 0 atom stereocenters.